The van der Waals surface area contributed by atoms with Crippen molar-refractivity contribution in [2.45, 2.75) is 33.7 Å². The van der Waals surface area contributed by atoms with Crippen molar-refractivity contribution in [2.24, 2.45) is 5.41 Å². The molecule has 1 aromatic heterocycles. The number of hydrogen-bond acceptors (Lipinski definition) is 2. The minimum atomic E-state index is 0.329. The van der Waals surface area contributed by atoms with Gasteiger partial charge in [-0.25, -0.2) is 4.68 Å². The van der Waals surface area contributed by atoms with Gasteiger partial charge in [-0.1, -0.05) is 20.8 Å². The van der Waals surface area contributed by atoms with E-state index in [1.54, 1.807) is 0 Å². The summed E-state index contributed by atoms with van der Waals surface area (Å²) in [4.78, 5) is 0. The van der Waals surface area contributed by atoms with Gasteiger partial charge in [-0.2, -0.15) is 5.10 Å². The van der Waals surface area contributed by atoms with Crippen molar-refractivity contribution in [3.05, 3.63) is 11.8 Å². The summed E-state index contributed by atoms with van der Waals surface area (Å²) in [5, 5.41) is 7.84. The molecule has 0 aliphatic carbocycles. The van der Waals surface area contributed by atoms with Crippen LogP contribution >= 0.6 is 0 Å². The van der Waals surface area contributed by atoms with Crippen LogP contribution in [0.15, 0.2) is 6.07 Å². The van der Waals surface area contributed by atoms with Gasteiger partial charge in [0.05, 0.1) is 12.2 Å². The summed E-state index contributed by atoms with van der Waals surface area (Å²) in [5.74, 6) is 1.18. The second-order valence-electron chi connectivity index (χ2n) is 4.91. The molecule has 0 atom stereocenters. The average molecular weight is 179 g/mol. The second kappa shape index (κ2) is 2.76. The van der Waals surface area contributed by atoms with Gasteiger partial charge >= 0.3 is 0 Å². The molecular formula is C10H17N3. The molecule has 3 nitrogen and oxygen atoms in total. The third-order valence-corrected chi connectivity index (χ3v) is 2.17. The Morgan fingerprint density at radius 3 is 2.92 bits per heavy atom. The molecule has 0 spiro atoms. The fourth-order valence-electron chi connectivity index (χ4n) is 1.70. The summed E-state index contributed by atoms with van der Waals surface area (Å²) in [5.41, 5.74) is 1.53. The van der Waals surface area contributed by atoms with E-state index >= 15 is 0 Å². The van der Waals surface area contributed by atoms with Gasteiger partial charge in [-0.3, -0.25) is 0 Å². The lowest BCUT2D eigenvalue weighted by Crippen LogP contribution is -2.10. The van der Waals surface area contributed by atoms with Gasteiger partial charge in [0.1, 0.15) is 5.82 Å². The molecule has 13 heavy (non-hydrogen) atoms. The smallest absolute Gasteiger partial charge is 0.124 e. The molecule has 0 aromatic carbocycles. The van der Waals surface area contributed by atoms with E-state index in [-0.39, 0.29) is 0 Å². The molecule has 1 N–H and O–H groups in total. The number of rotatable bonds is 1. The summed E-state index contributed by atoms with van der Waals surface area (Å²) in [6, 6.07) is 2.16. The molecule has 1 aliphatic rings. The molecule has 0 bridgehead atoms. The molecule has 72 valence electrons. The highest BCUT2D eigenvalue weighted by Gasteiger charge is 2.17. The van der Waals surface area contributed by atoms with Crippen molar-refractivity contribution < 1.29 is 0 Å². The number of anilines is 1. The van der Waals surface area contributed by atoms with Crippen LogP contribution in [0.5, 0.6) is 0 Å². The molecule has 0 unspecified atom stereocenters. The molecular weight excluding hydrogens is 162 g/mol. The first-order chi connectivity index (χ1) is 6.04. The first-order valence-corrected chi connectivity index (χ1v) is 4.85. The fraction of sp³-hybridized carbons (Fsp3) is 0.700. The van der Waals surface area contributed by atoms with E-state index in [1.165, 1.54) is 11.5 Å². The Labute approximate surface area is 79.1 Å². The molecule has 0 saturated carbocycles. The van der Waals surface area contributed by atoms with E-state index < -0.39 is 0 Å². The average Bonchev–Trinajstić information content (AvgIpc) is 2.40. The van der Waals surface area contributed by atoms with Crippen LogP contribution < -0.4 is 5.32 Å². The number of nitrogens with zero attached hydrogens (tertiary/aromatic N) is 2. The molecule has 1 aliphatic heterocycles. The van der Waals surface area contributed by atoms with Crippen molar-refractivity contribution in [3.8, 4) is 0 Å². The van der Waals surface area contributed by atoms with Crippen molar-refractivity contribution in [2.75, 3.05) is 11.9 Å². The van der Waals surface area contributed by atoms with E-state index in [0.29, 0.717) is 5.41 Å². The number of fused-ring (bicyclic) bond motifs is 1. The van der Waals surface area contributed by atoms with E-state index in [1.807, 2.05) is 0 Å². The Balaban J connectivity index is 2.15. The second-order valence-corrected chi connectivity index (χ2v) is 4.91. The monoisotopic (exact) mass is 179 g/mol. The third kappa shape index (κ3) is 1.85. The third-order valence-electron chi connectivity index (χ3n) is 2.17. The van der Waals surface area contributed by atoms with E-state index in [2.05, 4.69) is 41.9 Å². The largest absolute Gasteiger partial charge is 0.368 e. The predicted molar refractivity (Wildman–Crippen MR) is 53.9 cm³/mol. The van der Waals surface area contributed by atoms with Crippen molar-refractivity contribution in [1.29, 1.82) is 0 Å². The Kier molecular flexibility index (Phi) is 1.82. The molecule has 0 fully saturated rings. The summed E-state index contributed by atoms with van der Waals surface area (Å²) in [7, 11) is 0. The molecule has 0 saturated heterocycles. The van der Waals surface area contributed by atoms with E-state index in [0.717, 1.165) is 19.5 Å². The predicted octanol–water partition coefficient (Wildman–Crippen LogP) is 1.90. The molecule has 3 heteroatoms. The summed E-state index contributed by atoms with van der Waals surface area (Å²) < 4.78 is 2.06. The molecule has 2 heterocycles. The van der Waals surface area contributed by atoms with Gasteiger partial charge in [0, 0.05) is 12.6 Å². The van der Waals surface area contributed by atoms with Gasteiger partial charge in [-0.05, 0) is 11.8 Å². The maximum absolute atomic E-state index is 4.53. The zero-order valence-electron chi connectivity index (χ0n) is 8.59. The first-order valence-electron chi connectivity index (χ1n) is 4.85. The first kappa shape index (κ1) is 8.60. The van der Waals surface area contributed by atoms with Crippen LogP contribution in [-0.4, -0.2) is 16.3 Å². The van der Waals surface area contributed by atoms with E-state index in [9.17, 15) is 0 Å². The van der Waals surface area contributed by atoms with Crippen LogP contribution in [0.1, 0.15) is 26.5 Å². The normalized spacial score (nSPS) is 15.6. The highest BCUT2D eigenvalue weighted by Crippen LogP contribution is 2.23. The van der Waals surface area contributed by atoms with Gasteiger partial charge in [0.25, 0.3) is 0 Å². The van der Waals surface area contributed by atoms with Gasteiger partial charge in [0.2, 0.25) is 0 Å². The fourth-order valence-corrected chi connectivity index (χ4v) is 1.70. The molecule has 1 aromatic rings. The van der Waals surface area contributed by atoms with Crippen LogP contribution in [0.2, 0.25) is 0 Å². The van der Waals surface area contributed by atoms with Gasteiger partial charge in [0.15, 0.2) is 0 Å². The van der Waals surface area contributed by atoms with Crippen LogP contribution in [0.4, 0.5) is 5.82 Å². The summed E-state index contributed by atoms with van der Waals surface area (Å²) in [6.45, 7) is 8.76. The quantitative estimate of drug-likeness (QED) is 0.713. The van der Waals surface area contributed by atoms with Gasteiger partial charge in [-0.15, -0.1) is 0 Å². The number of nitrogens with one attached hydrogen (secondary N) is 1. The van der Waals surface area contributed by atoms with E-state index in [4.69, 9.17) is 0 Å². The maximum atomic E-state index is 4.53. The SMILES string of the molecule is CC(C)(C)Cc1cc2n(n1)CCN2. The molecule has 2 rings (SSSR count). The lowest BCUT2D eigenvalue weighted by molar-refractivity contribution is 0.403. The van der Waals surface area contributed by atoms with Crippen molar-refractivity contribution in [1.82, 2.24) is 9.78 Å². The Morgan fingerprint density at radius 1 is 1.54 bits per heavy atom. The van der Waals surface area contributed by atoms with Crippen LogP contribution in [-0.2, 0) is 13.0 Å². The topological polar surface area (TPSA) is 29.9 Å². The Morgan fingerprint density at radius 2 is 2.31 bits per heavy atom. The molecule has 0 amide bonds. The Hall–Kier alpha value is -0.990. The van der Waals surface area contributed by atoms with Crippen molar-refractivity contribution in [3.63, 3.8) is 0 Å². The zero-order valence-corrected chi connectivity index (χ0v) is 8.59. The maximum Gasteiger partial charge on any atom is 0.124 e. The zero-order chi connectivity index (χ0) is 9.47. The van der Waals surface area contributed by atoms with Crippen LogP contribution in [0, 0.1) is 5.41 Å². The lowest BCUT2D eigenvalue weighted by Gasteiger charge is -2.15. The summed E-state index contributed by atoms with van der Waals surface area (Å²) >= 11 is 0. The lowest BCUT2D eigenvalue weighted by atomic mass is 9.91. The Bertz CT molecular complexity index is 285. The minimum Gasteiger partial charge on any atom is -0.368 e. The standard InChI is InChI=1S/C10H17N3/c1-10(2,3)7-8-6-9-11-4-5-13(9)12-8/h6,11H,4-5,7H2,1-3H3. The molecule has 0 radical (unpaired) electrons. The number of aromatic nitrogens is 2. The summed E-state index contributed by atoms with van der Waals surface area (Å²) in [6.07, 6.45) is 1.05. The van der Waals surface area contributed by atoms with Crippen LogP contribution in [0.25, 0.3) is 0 Å². The minimum absolute atomic E-state index is 0.329. The van der Waals surface area contributed by atoms with Gasteiger partial charge < -0.3 is 5.32 Å². The number of hydrogen-bond donors (Lipinski definition) is 1. The highest BCUT2D eigenvalue weighted by molar-refractivity contribution is 5.40. The highest BCUT2D eigenvalue weighted by atomic mass is 15.4. The van der Waals surface area contributed by atoms with Crippen molar-refractivity contribution >= 4 is 5.82 Å². The van der Waals surface area contributed by atoms with Crippen LogP contribution in [0.3, 0.4) is 0 Å².